The highest BCUT2D eigenvalue weighted by Crippen LogP contribution is 2.40. The Labute approximate surface area is 212 Å². The molecule has 0 saturated carbocycles. The number of anilines is 1. The zero-order valence-electron chi connectivity index (χ0n) is 20.3. The standard InChI is InChI=1S/C24H30F3N5O3S/c1-34-16-10-17-19(12-21(24(25,26)27)29-22(17)20(11-16)35-2)31-5-3-30(4-6-31)15-9-18(28-13-15)23(33)32-7-8-36-14-32/h10-12,15,18,28H,3-9,13-14H2,1-2H3/t15-,18-/m1/s1. The van der Waals surface area contributed by atoms with Crippen LogP contribution in [0.1, 0.15) is 12.1 Å². The molecule has 1 amide bonds. The van der Waals surface area contributed by atoms with Crippen molar-refractivity contribution < 1.29 is 27.4 Å². The molecule has 196 valence electrons. The number of piperazine rings is 1. The summed E-state index contributed by atoms with van der Waals surface area (Å²) in [7, 11) is 2.91. The lowest BCUT2D eigenvalue weighted by atomic mass is 10.1. The Bertz CT molecular complexity index is 1120. The molecule has 3 fully saturated rings. The molecule has 1 N–H and O–H groups in total. The number of thioether (sulfide) groups is 1. The van der Waals surface area contributed by atoms with Crippen molar-refractivity contribution in [2.45, 2.75) is 24.7 Å². The van der Waals surface area contributed by atoms with Crippen LogP contribution in [0.15, 0.2) is 18.2 Å². The van der Waals surface area contributed by atoms with E-state index in [-0.39, 0.29) is 29.3 Å². The maximum Gasteiger partial charge on any atom is 0.433 e. The number of hydrogen-bond acceptors (Lipinski definition) is 8. The van der Waals surface area contributed by atoms with E-state index >= 15 is 0 Å². The second-order valence-electron chi connectivity index (χ2n) is 9.26. The van der Waals surface area contributed by atoms with Gasteiger partial charge in [0.15, 0.2) is 0 Å². The number of alkyl halides is 3. The molecule has 0 unspecified atom stereocenters. The van der Waals surface area contributed by atoms with Crippen LogP contribution in [-0.4, -0.2) is 97.9 Å². The Morgan fingerprint density at radius 2 is 1.89 bits per heavy atom. The third-order valence-electron chi connectivity index (χ3n) is 7.22. The molecule has 3 saturated heterocycles. The molecule has 0 spiro atoms. The van der Waals surface area contributed by atoms with Crippen molar-refractivity contribution in [2.24, 2.45) is 0 Å². The molecule has 0 aliphatic carbocycles. The Balaban J connectivity index is 1.34. The summed E-state index contributed by atoms with van der Waals surface area (Å²) in [4.78, 5) is 22.9. The second-order valence-corrected chi connectivity index (χ2v) is 10.3. The van der Waals surface area contributed by atoms with Gasteiger partial charge in [0.1, 0.15) is 22.7 Å². The second kappa shape index (κ2) is 10.1. The molecule has 3 aliphatic heterocycles. The van der Waals surface area contributed by atoms with Crippen molar-refractivity contribution in [2.75, 3.05) is 70.0 Å². The van der Waals surface area contributed by atoms with Gasteiger partial charge in [0.05, 0.1) is 26.1 Å². The Morgan fingerprint density at radius 1 is 1.11 bits per heavy atom. The SMILES string of the molecule is COc1cc(OC)c2nc(C(F)(F)F)cc(N3CCN([C@H]4CN[C@@H](C(=O)N5CCSC5)C4)CC3)c2c1. The molecule has 2 aromatic rings. The van der Waals surface area contributed by atoms with Crippen LogP contribution in [0, 0.1) is 0 Å². The van der Waals surface area contributed by atoms with Crippen LogP contribution >= 0.6 is 11.8 Å². The molecule has 1 aromatic carbocycles. The number of nitrogens with zero attached hydrogens (tertiary/aromatic N) is 4. The Kier molecular flexibility index (Phi) is 7.10. The largest absolute Gasteiger partial charge is 0.497 e. The quantitative estimate of drug-likeness (QED) is 0.639. The van der Waals surface area contributed by atoms with E-state index in [1.165, 1.54) is 14.2 Å². The number of halogens is 3. The number of nitrogens with one attached hydrogen (secondary N) is 1. The van der Waals surface area contributed by atoms with Gasteiger partial charge in [-0.05, 0) is 18.6 Å². The maximum absolute atomic E-state index is 13.7. The van der Waals surface area contributed by atoms with E-state index in [1.54, 1.807) is 23.9 Å². The predicted octanol–water partition coefficient (Wildman–Crippen LogP) is 2.66. The summed E-state index contributed by atoms with van der Waals surface area (Å²) in [6.45, 7) is 4.06. The van der Waals surface area contributed by atoms with Gasteiger partial charge in [-0.3, -0.25) is 9.69 Å². The van der Waals surface area contributed by atoms with Gasteiger partial charge in [-0.1, -0.05) is 0 Å². The van der Waals surface area contributed by atoms with Gasteiger partial charge in [0.2, 0.25) is 5.91 Å². The summed E-state index contributed by atoms with van der Waals surface area (Å²) in [5.74, 6) is 2.65. The molecule has 36 heavy (non-hydrogen) atoms. The van der Waals surface area contributed by atoms with Gasteiger partial charge in [-0.25, -0.2) is 4.98 Å². The fourth-order valence-electron chi connectivity index (χ4n) is 5.25. The summed E-state index contributed by atoms with van der Waals surface area (Å²) in [6, 6.07) is 4.45. The number of carbonyl (C=O) groups excluding carboxylic acids is 1. The third kappa shape index (κ3) is 4.90. The monoisotopic (exact) mass is 525 g/mol. The van der Waals surface area contributed by atoms with E-state index < -0.39 is 11.9 Å². The van der Waals surface area contributed by atoms with E-state index in [2.05, 4.69) is 15.2 Å². The molecular weight excluding hydrogens is 495 g/mol. The minimum atomic E-state index is -4.58. The molecule has 5 rings (SSSR count). The zero-order chi connectivity index (χ0) is 25.4. The first-order valence-corrected chi connectivity index (χ1v) is 13.2. The molecule has 12 heteroatoms. The van der Waals surface area contributed by atoms with Crippen molar-refractivity contribution in [1.29, 1.82) is 0 Å². The Morgan fingerprint density at radius 3 is 2.53 bits per heavy atom. The summed E-state index contributed by atoms with van der Waals surface area (Å²) >= 11 is 1.77. The predicted molar refractivity (Wildman–Crippen MR) is 133 cm³/mol. The molecule has 4 heterocycles. The molecule has 3 aliphatic rings. The normalized spacial score (nSPS) is 23.5. The minimum Gasteiger partial charge on any atom is -0.497 e. The summed E-state index contributed by atoms with van der Waals surface area (Å²) in [5.41, 5.74) is -0.322. The minimum absolute atomic E-state index is 0.159. The number of hydrogen-bond donors (Lipinski definition) is 1. The van der Waals surface area contributed by atoms with Gasteiger partial charge < -0.3 is 24.6 Å². The number of benzene rings is 1. The lowest BCUT2D eigenvalue weighted by Gasteiger charge is -2.39. The number of methoxy groups -OCH3 is 2. The average Bonchev–Trinajstić information content (AvgIpc) is 3.59. The van der Waals surface area contributed by atoms with Crippen LogP contribution in [0.25, 0.3) is 10.9 Å². The number of amides is 1. The average molecular weight is 526 g/mol. The maximum atomic E-state index is 13.7. The molecule has 1 aromatic heterocycles. The van der Waals surface area contributed by atoms with Crippen LogP contribution in [-0.2, 0) is 11.0 Å². The summed E-state index contributed by atoms with van der Waals surface area (Å²) in [5, 5.41) is 3.94. The molecule has 0 radical (unpaired) electrons. The fraction of sp³-hybridized carbons (Fsp3) is 0.583. The van der Waals surface area contributed by atoms with Crippen LogP contribution < -0.4 is 19.7 Å². The van der Waals surface area contributed by atoms with Crippen molar-refractivity contribution in [3.8, 4) is 11.5 Å². The highest BCUT2D eigenvalue weighted by atomic mass is 32.2. The Hall–Kier alpha value is -2.44. The number of pyridine rings is 1. The number of ether oxygens (including phenoxy) is 2. The molecular formula is C24H30F3N5O3S. The van der Waals surface area contributed by atoms with Gasteiger partial charge >= 0.3 is 6.18 Å². The van der Waals surface area contributed by atoms with E-state index in [4.69, 9.17) is 9.47 Å². The first kappa shape index (κ1) is 25.2. The van der Waals surface area contributed by atoms with Crippen molar-refractivity contribution >= 4 is 34.3 Å². The zero-order valence-corrected chi connectivity index (χ0v) is 21.1. The number of carbonyl (C=O) groups is 1. The molecule has 2 atom stereocenters. The molecule has 8 nitrogen and oxygen atoms in total. The fourth-order valence-corrected chi connectivity index (χ4v) is 6.21. The van der Waals surface area contributed by atoms with Gasteiger partial charge in [0, 0.05) is 68.2 Å². The van der Waals surface area contributed by atoms with Crippen molar-refractivity contribution in [3.63, 3.8) is 0 Å². The van der Waals surface area contributed by atoms with Crippen LogP contribution in [0.4, 0.5) is 18.9 Å². The highest BCUT2D eigenvalue weighted by molar-refractivity contribution is 7.99. The van der Waals surface area contributed by atoms with E-state index in [0.717, 1.165) is 37.2 Å². The molecule has 0 bridgehead atoms. The van der Waals surface area contributed by atoms with E-state index in [1.807, 2.05) is 9.80 Å². The number of aromatic nitrogens is 1. The first-order chi connectivity index (χ1) is 17.3. The smallest absolute Gasteiger partial charge is 0.433 e. The lowest BCUT2D eigenvalue weighted by molar-refractivity contribution is -0.141. The number of fused-ring (bicyclic) bond motifs is 1. The van der Waals surface area contributed by atoms with Crippen LogP contribution in [0.2, 0.25) is 0 Å². The topological polar surface area (TPSA) is 70.2 Å². The van der Waals surface area contributed by atoms with E-state index in [9.17, 15) is 18.0 Å². The summed E-state index contributed by atoms with van der Waals surface area (Å²) < 4.78 is 51.9. The van der Waals surface area contributed by atoms with Crippen molar-refractivity contribution in [1.82, 2.24) is 20.1 Å². The highest BCUT2D eigenvalue weighted by Gasteiger charge is 2.38. The van der Waals surface area contributed by atoms with Gasteiger partial charge in [-0.2, -0.15) is 13.2 Å². The summed E-state index contributed by atoms with van der Waals surface area (Å²) in [6.07, 6.45) is -3.83. The van der Waals surface area contributed by atoms with Gasteiger partial charge in [-0.15, -0.1) is 11.8 Å². The van der Waals surface area contributed by atoms with Crippen molar-refractivity contribution in [3.05, 3.63) is 23.9 Å². The van der Waals surface area contributed by atoms with Crippen LogP contribution in [0.3, 0.4) is 0 Å². The lowest BCUT2D eigenvalue weighted by Crippen LogP contribution is -2.51. The number of rotatable bonds is 5. The third-order valence-corrected chi connectivity index (χ3v) is 8.18. The first-order valence-electron chi connectivity index (χ1n) is 12.0. The van der Waals surface area contributed by atoms with Gasteiger partial charge in [0.25, 0.3) is 0 Å². The van der Waals surface area contributed by atoms with Crippen LogP contribution in [0.5, 0.6) is 11.5 Å². The van der Waals surface area contributed by atoms with E-state index in [0.29, 0.717) is 43.0 Å².